The molecule has 3 heteroatoms. The Hall–Kier alpha value is -5.41. The minimum Gasteiger partial charge on any atom is -0.255 e. The quantitative estimate of drug-likeness (QED) is 0.218. The number of fused-ring (bicyclic) bond motifs is 4. The molecule has 7 aromatic rings. The molecule has 0 fully saturated rings. The molecule has 4 aromatic carbocycles. The zero-order valence-corrected chi connectivity index (χ0v) is 24.1. The van der Waals surface area contributed by atoms with Gasteiger partial charge in [0.05, 0.1) is 22.8 Å². The zero-order valence-electron chi connectivity index (χ0n) is 24.1. The molecule has 3 heterocycles. The Balaban J connectivity index is 1.30. The van der Waals surface area contributed by atoms with E-state index in [9.17, 15) is 0 Å². The number of hydrogen-bond acceptors (Lipinski definition) is 3. The molecule has 1 aliphatic carbocycles. The molecule has 0 saturated heterocycles. The standard InChI is InChI=1S/C40H29N3/c1-40(2)34-14-6-5-13-32(34)33-18-17-26(23-35(33)40)28-19-20-29(31-12-4-3-11-30(28)31)27-24-38(36-15-7-9-21-41-36)43-39(25-27)37-16-8-10-22-42-37/h3-25H,1-2H3. The Morgan fingerprint density at radius 2 is 0.953 bits per heavy atom. The first-order valence-corrected chi connectivity index (χ1v) is 14.7. The van der Waals surface area contributed by atoms with E-state index < -0.39 is 0 Å². The summed E-state index contributed by atoms with van der Waals surface area (Å²) in [5.74, 6) is 0. The molecule has 43 heavy (non-hydrogen) atoms. The SMILES string of the molecule is CC1(C)c2ccccc2-c2ccc(-c3ccc(-c4cc(-c5ccccn5)nc(-c5ccccn5)c4)c4ccccc34)cc21. The molecule has 8 rings (SSSR count). The minimum absolute atomic E-state index is 0.0432. The van der Waals surface area contributed by atoms with E-state index in [-0.39, 0.29) is 5.41 Å². The van der Waals surface area contributed by atoms with Crippen molar-refractivity contribution in [3.05, 3.63) is 151 Å². The number of aromatic nitrogens is 3. The predicted octanol–water partition coefficient (Wildman–Crippen LogP) is 10.00. The van der Waals surface area contributed by atoms with Crippen LogP contribution in [0.5, 0.6) is 0 Å². The lowest BCUT2D eigenvalue weighted by Crippen LogP contribution is -2.14. The van der Waals surface area contributed by atoms with Crippen molar-refractivity contribution in [3.8, 4) is 56.2 Å². The van der Waals surface area contributed by atoms with Crippen molar-refractivity contribution in [2.24, 2.45) is 0 Å². The monoisotopic (exact) mass is 551 g/mol. The Labute approximate surface area is 251 Å². The fourth-order valence-electron chi connectivity index (χ4n) is 6.65. The smallest absolute Gasteiger partial charge is 0.0900 e. The summed E-state index contributed by atoms with van der Waals surface area (Å²) in [5, 5.41) is 2.43. The van der Waals surface area contributed by atoms with Gasteiger partial charge in [-0.1, -0.05) is 98.8 Å². The van der Waals surface area contributed by atoms with Gasteiger partial charge >= 0.3 is 0 Å². The summed E-state index contributed by atoms with van der Waals surface area (Å²) in [6.45, 7) is 4.68. The fourth-order valence-corrected chi connectivity index (χ4v) is 6.65. The van der Waals surface area contributed by atoms with Crippen LogP contribution in [0.3, 0.4) is 0 Å². The maximum absolute atomic E-state index is 4.98. The second-order valence-corrected chi connectivity index (χ2v) is 11.7. The molecule has 3 nitrogen and oxygen atoms in total. The van der Waals surface area contributed by atoms with E-state index in [4.69, 9.17) is 4.98 Å². The first-order valence-electron chi connectivity index (χ1n) is 14.7. The van der Waals surface area contributed by atoms with Gasteiger partial charge in [0.1, 0.15) is 0 Å². The van der Waals surface area contributed by atoms with Gasteiger partial charge in [-0.15, -0.1) is 0 Å². The number of rotatable bonds is 4. The van der Waals surface area contributed by atoms with Crippen LogP contribution < -0.4 is 0 Å². The third-order valence-corrected chi connectivity index (χ3v) is 8.81. The van der Waals surface area contributed by atoms with E-state index in [0.717, 1.165) is 33.9 Å². The highest BCUT2D eigenvalue weighted by atomic mass is 14.8. The molecule has 0 radical (unpaired) electrons. The van der Waals surface area contributed by atoms with Crippen molar-refractivity contribution in [3.63, 3.8) is 0 Å². The van der Waals surface area contributed by atoms with Crippen molar-refractivity contribution in [2.45, 2.75) is 19.3 Å². The van der Waals surface area contributed by atoms with Crippen LogP contribution in [0.15, 0.2) is 140 Å². The maximum Gasteiger partial charge on any atom is 0.0900 e. The predicted molar refractivity (Wildman–Crippen MR) is 177 cm³/mol. The molecule has 1 aliphatic rings. The summed E-state index contributed by atoms with van der Waals surface area (Å²) < 4.78 is 0. The van der Waals surface area contributed by atoms with Crippen LogP contribution in [0.1, 0.15) is 25.0 Å². The molecule has 3 aromatic heterocycles. The third kappa shape index (κ3) is 4.16. The van der Waals surface area contributed by atoms with Crippen molar-refractivity contribution < 1.29 is 0 Å². The summed E-state index contributed by atoms with van der Waals surface area (Å²) in [4.78, 5) is 14.2. The lowest BCUT2D eigenvalue weighted by molar-refractivity contribution is 0.660. The lowest BCUT2D eigenvalue weighted by Gasteiger charge is -2.22. The largest absolute Gasteiger partial charge is 0.255 e. The zero-order chi connectivity index (χ0) is 29.0. The second-order valence-electron chi connectivity index (χ2n) is 11.7. The highest BCUT2D eigenvalue weighted by Gasteiger charge is 2.35. The Morgan fingerprint density at radius 3 is 1.58 bits per heavy atom. The molecule has 0 aliphatic heterocycles. The molecule has 0 N–H and O–H groups in total. The van der Waals surface area contributed by atoms with Gasteiger partial charge in [-0.2, -0.15) is 0 Å². The summed E-state index contributed by atoms with van der Waals surface area (Å²) in [6, 6.07) is 45.2. The molecular formula is C40H29N3. The molecular weight excluding hydrogens is 522 g/mol. The highest BCUT2D eigenvalue weighted by molar-refractivity contribution is 6.05. The van der Waals surface area contributed by atoms with Gasteiger partial charge in [0.15, 0.2) is 0 Å². The average molecular weight is 552 g/mol. The van der Waals surface area contributed by atoms with Gasteiger partial charge in [-0.3, -0.25) is 9.97 Å². The van der Waals surface area contributed by atoms with E-state index in [1.54, 1.807) is 0 Å². The average Bonchev–Trinajstić information content (AvgIpc) is 3.30. The van der Waals surface area contributed by atoms with Crippen molar-refractivity contribution in [1.29, 1.82) is 0 Å². The summed E-state index contributed by atoms with van der Waals surface area (Å²) in [7, 11) is 0. The van der Waals surface area contributed by atoms with Crippen LogP contribution in [0, 0.1) is 0 Å². The summed E-state index contributed by atoms with van der Waals surface area (Å²) >= 11 is 0. The van der Waals surface area contributed by atoms with Crippen molar-refractivity contribution >= 4 is 10.8 Å². The molecule has 0 amide bonds. The fraction of sp³-hybridized carbons (Fsp3) is 0.0750. The van der Waals surface area contributed by atoms with Gasteiger partial charge in [0.2, 0.25) is 0 Å². The maximum atomic E-state index is 4.98. The van der Waals surface area contributed by atoms with E-state index in [2.05, 4.69) is 115 Å². The topological polar surface area (TPSA) is 38.7 Å². The Morgan fingerprint density at radius 1 is 0.419 bits per heavy atom. The second kappa shape index (κ2) is 9.85. The van der Waals surface area contributed by atoms with E-state index in [0.29, 0.717) is 0 Å². The highest BCUT2D eigenvalue weighted by Crippen LogP contribution is 2.50. The van der Waals surface area contributed by atoms with E-state index in [1.807, 2.05) is 48.8 Å². The van der Waals surface area contributed by atoms with Crippen molar-refractivity contribution in [2.75, 3.05) is 0 Å². The molecule has 0 atom stereocenters. The van der Waals surface area contributed by atoms with Gasteiger partial charge in [0.25, 0.3) is 0 Å². The van der Waals surface area contributed by atoms with Gasteiger partial charge in [-0.25, -0.2) is 4.98 Å². The number of pyridine rings is 3. The molecule has 0 unspecified atom stereocenters. The molecule has 204 valence electrons. The third-order valence-electron chi connectivity index (χ3n) is 8.81. The van der Waals surface area contributed by atoms with Gasteiger partial charge in [-0.05, 0) is 97.7 Å². The molecule has 0 saturated carbocycles. The van der Waals surface area contributed by atoms with Crippen LogP contribution in [0.25, 0.3) is 66.9 Å². The number of benzene rings is 4. The number of nitrogens with zero attached hydrogens (tertiary/aromatic N) is 3. The van der Waals surface area contributed by atoms with Gasteiger partial charge in [0, 0.05) is 17.8 Å². The molecule has 0 bridgehead atoms. The van der Waals surface area contributed by atoms with E-state index >= 15 is 0 Å². The van der Waals surface area contributed by atoms with Gasteiger partial charge < -0.3 is 0 Å². The summed E-state index contributed by atoms with van der Waals surface area (Å²) in [5.41, 5.74) is 13.5. The minimum atomic E-state index is -0.0432. The first-order chi connectivity index (χ1) is 21.1. The Kier molecular flexibility index (Phi) is 5.80. The van der Waals surface area contributed by atoms with E-state index in [1.165, 1.54) is 44.2 Å². The van der Waals surface area contributed by atoms with Crippen LogP contribution in [0.2, 0.25) is 0 Å². The van der Waals surface area contributed by atoms with Crippen LogP contribution in [0.4, 0.5) is 0 Å². The normalized spacial score (nSPS) is 13.1. The van der Waals surface area contributed by atoms with Crippen molar-refractivity contribution in [1.82, 2.24) is 15.0 Å². The first kappa shape index (κ1) is 25.3. The summed E-state index contributed by atoms with van der Waals surface area (Å²) in [6.07, 6.45) is 3.62. The lowest BCUT2D eigenvalue weighted by atomic mass is 9.81. The van der Waals surface area contributed by atoms with Crippen LogP contribution in [-0.2, 0) is 5.41 Å². The Bertz CT molecular complexity index is 2090. The number of hydrogen-bond donors (Lipinski definition) is 0. The molecule has 0 spiro atoms. The van der Waals surface area contributed by atoms with Crippen LogP contribution >= 0.6 is 0 Å². The van der Waals surface area contributed by atoms with Crippen LogP contribution in [-0.4, -0.2) is 15.0 Å².